The van der Waals surface area contributed by atoms with E-state index in [1.165, 1.54) is 25.7 Å². The standard InChI is InChI=1S/C11H18O/c1-3-4-5-6-7-11-9-8-10(2)12-11/h8-9H,3-7H2,1-2H3. The summed E-state index contributed by atoms with van der Waals surface area (Å²) < 4.78 is 5.46. The molecule has 0 fully saturated rings. The van der Waals surface area contributed by atoms with Gasteiger partial charge < -0.3 is 4.42 Å². The molecule has 0 amide bonds. The summed E-state index contributed by atoms with van der Waals surface area (Å²) in [7, 11) is 0. The first-order valence-electron chi connectivity index (χ1n) is 4.88. The van der Waals surface area contributed by atoms with Gasteiger partial charge in [0.05, 0.1) is 0 Å². The van der Waals surface area contributed by atoms with Crippen LogP contribution in [0.25, 0.3) is 0 Å². The maximum absolute atomic E-state index is 5.46. The van der Waals surface area contributed by atoms with Crippen LogP contribution >= 0.6 is 0 Å². The lowest BCUT2D eigenvalue weighted by Crippen LogP contribution is -1.81. The normalized spacial score (nSPS) is 10.5. The predicted octanol–water partition coefficient (Wildman–Crippen LogP) is 3.71. The molecular formula is C11H18O. The van der Waals surface area contributed by atoms with Gasteiger partial charge in [0.25, 0.3) is 0 Å². The highest BCUT2D eigenvalue weighted by atomic mass is 16.3. The molecule has 0 saturated carbocycles. The van der Waals surface area contributed by atoms with Crippen molar-refractivity contribution in [2.24, 2.45) is 0 Å². The molecule has 1 heterocycles. The van der Waals surface area contributed by atoms with Crippen molar-refractivity contribution >= 4 is 0 Å². The lowest BCUT2D eigenvalue weighted by Gasteiger charge is -1.96. The van der Waals surface area contributed by atoms with Crippen LogP contribution in [0.1, 0.15) is 44.1 Å². The Kier molecular flexibility index (Phi) is 3.92. The van der Waals surface area contributed by atoms with Gasteiger partial charge in [0.1, 0.15) is 11.5 Å². The Labute approximate surface area is 74.8 Å². The van der Waals surface area contributed by atoms with Crippen molar-refractivity contribution < 1.29 is 4.42 Å². The number of hydrogen-bond acceptors (Lipinski definition) is 1. The van der Waals surface area contributed by atoms with E-state index in [0.717, 1.165) is 17.9 Å². The van der Waals surface area contributed by atoms with Crippen LogP contribution in [0.15, 0.2) is 16.5 Å². The maximum atomic E-state index is 5.46. The minimum atomic E-state index is 1.03. The van der Waals surface area contributed by atoms with Gasteiger partial charge in [-0.1, -0.05) is 26.2 Å². The maximum Gasteiger partial charge on any atom is 0.104 e. The van der Waals surface area contributed by atoms with Gasteiger partial charge in [-0.05, 0) is 25.5 Å². The fourth-order valence-electron chi connectivity index (χ4n) is 1.35. The summed E-state index contributed by atoms with van der Waals surface area (Å²) in [6, 6.07) is 4.12. The van der Waals surface area contributed by atoms with E-state index in [9.17, 15) is 0 Å². The van der Waals surface area contributed by atoms with E-state index in [-0.39, 0.29) is 0 Å². The molecule has 1 aromatic rings. The number of furan rings is 1. The van der Waals surface area contributed by atoms with E-state index >= 15 is 0 Å². The molecule has 12 heavy (non-hydrogen) atoms. The predicted molar refractivity (Wildman–Crippen MR) is 51.3 cm³/mol. The summed E-state index contributed by atoms with van der Waals surface area (Å²) in [4.78, 5) is 0. The SMILES string of the molecule is CCCCCCc1ccc(C)o1. The molecule has 0 aliphatic rings. The van der Waals surface area contributed by atoms with E-state index in [0.29, 0.717) is 0 Å². The summed E-state index contributed by atoms with van der Waals surface area (Å²) >= 11 is 0. The minimum absolute atomic E-state index is 1.03. The molecule has 1 aromatic heterocycles. The van der Waals surface area contributed by atoms with Gasteiger partial charge in [-0.15, -0.1) is 0 Å². The van der Waals surface area contributed by atoms with Crippen LogP contribution in [0.4, 0.5) is 0 Å². The lowest BCUT2D eigenvalue weighted by molar-refractivity contribution is 0.472. The number of hydrogen-bond donors (Lipinski definition) is 0. The largest absolute Gasteiger partial charge is 0.466 e. The van der Waals surface area contributed by atoms with Crippen LogP contribution in [0.2, 0.25) is 0 Å². The molecule has 1 rings (SSSR count). The molecule has 0 aliphatic carbocycles. The van der Waals surface area contributed by atoms with Crippen molar-refractivity contribution in [3.05, 3.63) is 23.7 Å². The smallest absolute Gasteiger partial charge is 0.104 e. The summed E-state index contributed by atoms with van der Waals surface area (Å²) in [6.45, 7) is 4.23. The molecule has 1 nitrogen and oxygen atoms in total. The summed E-state index contributed by atoms with van der Waals surface area (Å²) in [5, 5.41) is 0. The summed E-state index contributed by atoms with van der Waals surface area (Å²) in [5.41, 5.74) is 0. The number of rotatable bonds is 5. The van der Waals surface area contributed by atoms with Crippen LogP contribution < -0.4 is 0 Å². The third-order valence-electron chi connectivity index (χ3n) is 2.07. The van der Waals surface area contributed by atoms with E-state index in [1.54, 1.807) is 0 Å². The first-order valence-corrected chi connectivity index (χ1v) is 4.88. The zero-order valence-electron chi connectivity index (χ0n) is 8.10. The molecule has 0 radical (unpaired) electrons. The van der Waals surface area contributed by atoms with Gasteiger partial charge in [0.15, 0.2) is 0 Å². The van der Waals surface area contributed by atoms with Crippen LogP contribution in [-0.2, 0) is 6.42 Å². The Morgan fingerprint density at radius 1 is 1.17 bits per heavy atom. The lowest BCUT2D eigenvalue weighted by atomic mass is 10.1. The minimum Gasteiger partial charge on any atom is -0.466 e. The van der Waals surface area contributed by atoms with Gasteiger partial charge >= 0.3 is 0 Å². The third kappa shape index (κ3) is 3.12. The van der Waals surface area contributed by atoms with Crippen LogP contribution in [-0.4, -0.2) is 0 Å². The second kappa shape index (κ2) is 5.02. The van der Waals surface area contributed by atoms with Gasteiger partial charge in [-0.25, -0.2) is 0 Å². The Balaban J connectivity index is 2.15. The van der Waals surface area contributed by atoms with Crippen LogP contribution in [0.3, 0.4) is 0 Å². The quantitative estimate of drug-likeness (QED) is 0.608. The molecule has 1 heteroatoms. The van der Waals surface area contributed by atoms with Crippen molar-refractivity contribution in [3.63, 3.8) is 0 Å². The van der Waals surface area contributed by atoms with Gasteiger partial charge in [-0.2, -0.15) is 0 Å². The Hall–Kier alpha value is -0.720. The summed E-state index contributed by atoms with van der Waals surface area (Å²) in [5.74, 6) is 2.17. The second-order valence-corrected chi connectivity index (χ2v) is 3.32. The first-order chi connectivity index (χ1) is 5.83. The van der Waals surface area contributed by atoms with Crippen molar-refractivity contribution in [2.75, 3.05) is 0 Å². The molecule has 0 saturated heterocycles. The highest BCUT2D eigenvalue weighted by Gasteiger charge is 1.97. The molecule has 0 bridgehead atoms. The number of aryl methyl sites for hydroxylation is 2. The fraction of sp³-hybridized carbons (Fsp3) is 0.636. The zero-order chi connectivity index (χ0) is 8.81. The van der Waals surface area contributed by atoms with Crippen molar-refractivity contribution in [1.29, 1.82) is 0 Å². The van der Waals surface area contributed by atoms with E-state index in [2.05, 4.69) is 13.0 Å². The number of unbranched alkanes of at least 4 members (excludes halogenated alkanes) is 3. The van der Waals surface area contributed by atoms with Crippen LogP contribution in [0, 0.1) is 6.92 Å². The Morgan fingerprint density at radius 3 is 2.58 bits per heavy atom. The first kappa shape index (κ1) is 9.37. The van der Waals surface area contributed by atoms with Gasteiger partial charge in [0, 0.05) is 6.42 Å². The topological polar surface area (TPSA) is 13.1 Å². The highest BCUT2D eigenvalue weighted by molar-refractivity contribution is 5.05. The molecule has 0 aliphatic heterocycles. The van der Waals surface area contributed by atoms with Gasteiger partial charge in [0.2, 0.25) is 0 Å². The monoisotopic (exact) mass is 166 g/mol. The third-order valence-corrected chi connectivity index (χ3v) is 2.07. The molecule has 0 N–H and O–H groups in total. The van der Waals surface area contributed by atoms with E-state index in [1.807, 2.05) is 13.0 Å². The fourth-order valence-corrected chi connectivity index (χ4v) is 1.35. The molecule has 0 atom stereocenters. The molecule has 0 aromatic carbocycles. The Morgan fingerprint density at radius 2 is 2.00 bits per heavy atom. The second-order valence-electron chi connectivity index (χ2n) is 3.32. The molecule has 0 unspecified atom stereocenters. The average molecular weight is 166 g/mol. The van der Waals surface area contributed by atoms with Crippen molar-refractivity contribution in [1.82, 2.24) is 0 Å². The van der Waals surface area contributed by atoms with Crippen molar-refractivity contribution in [3.8, 4) is 0 Å². The van der Waals surface area contributed by atoms with E-state index < -0.39 is 0 Å². The molecule has 0 spiro atoms. The zero-order valence-corrected chi connectivity index (χ0v) is 8.10. The Bertz CT molecular complexity index is 213. The molecular weight excluding hydrogens is 148 g/mol. The van der Waals surface area contributed by atoms with Crippen LogP contribution in [0.5, 0.6) is 0 Å². The highest BCUT2D eigenvalue weighted by Crippen LogP contribution is 2.10. The van der Waals surface area contributed by atoms with E-state index in [4.69, 9.17) is 4.42 Å². The van der Waals surface area contributed by atoms with Gasteiger partial charge in [-0.3, -0.25) is 0 Å². The van der Waals surface area contributed by atoms with Crippen molar-refractivity contribution in [2.45, 2.75) is 46.0 Å². The average Bonchev–Trinajstić information content (AvgIpc) is 2.45. The molecule has 68 valence electrons. The summed E-state index contributed by atoms with van der Waals surface area (Å²) in [6.07, 6.45) is 6.35.